The lowest BCUT2D eigenvalue weighted by Crippen LogP contribution is -2.25. The predicted molar refractivity (Wildman–Crippen MR) is 105 cm³/mol. The maximum absolute atomic E-state index is 12.2. The molecular weight excluding hydrogens is 388 g/mol. The minimum absolute atomic E-state index is 0.126. The van der Waals surface area contributed by atoms with Crippen LogP contribution in [0.4, 0.5) is 5.13 Å². The fourth-order valence-electron chi connectivity index (χ4n) is 2.14. The number of nitrogens with one attached hydrogen (secondary N) is 2. The Morgan fingerprint density at radius 3 is 2.56 bits per heavy atom. The molecule has 10 heteroatoms. The summed E-state index contributed by atoms with van der Waals surface area (Å²) in [5.41, 5.74) is 1.10. The van der Waals surface area contributed by atoms with Crippen molar-refractivity contribution in [1.29, 1.82) is 0 Å². The van der Waals surface area contributed by atoms with Crippen molar-refractivity contribution in [3.8, 4) is 5.75 Å². The predicted octanol–water partition coefficient (Wildman–Crippen LogP) is 2.58. The molecule has 0 aliphatic carbocycles. The molecule has 148 valence electrons. The van der Waals surface area contributed by atoms with Gasteiger partial charge in [-0.1, -0.05) is 30.4 Å². The maximum atomic E-state index is 12.2. The van der Waals surface area contributed by atoms with Crippen molar-refractivity contribution in [2.75, 3.05) is 11.9 Å². The molecule has 0 spiro atoms. The molecule has 0 unspecified atom stereocenters. The molecule has 1 aromatic carbocycles. The van der Waals surface area contributed by atoms with Crippen LogP contribution in [0.25, 0.3) is 0 Å². The van der Waals surface area contributed by atoms with E-state index in [0.29, 0.717) is 6.42 Å². The SMILES string of the molecule is CCC(=O)Nc1nnc(S(=O)(=O)NCCCc2ccc(OC(C)C)cc2)s1. The fraction of sp³-hybridized carbons (Fsp3) is 0.471. The summed E-state index contributed by atoms with van der Waals surface area (Å²) in [6, 6.07) is 7.76. The first-order valence-electron chi connectivity index (χ1n) is 8.68. The van der Waals surface area contributed by atoms with Crippen LogP contribution in [-0.4, -0.2) is 37.2 Å². The third-order valence-electron chi connectivity index (χ3n) is 3.43. The lowest BCUT2D eigenvalue weighted by Gasteiger charge is -2.10. The number of aromatic nitrogens is 2. The van der Waals surface area contributed by atoms with E-state index in [-0.39, 0.29) is 34.4 Å². The van der Waals surface area contributed by atoms with E-state index >= 15 is 0 Å². The van der Waals surface area contributed by atoms with E-state index in [0.717, 1.165) is 29.1 Å². The average Bonchev–Trinajstić information content (AvgIpc) is 3.09. The monoisotopic (exact) mass is 412 g/mol. The molecule has 0 atom stereocenters. The van der Waals surface area contributed by atoms with Gasteiger partial charge in [0, 0.05) is 13.0 Å². The summed E-state index contributed by atoms with van der Waals surface area (Å²) in [5.74, 6) is 0.574. The first-order valence-corrected chi connectivity index (χ1v) is 11.0. The zero-order chi connectivity index (χ0) is 19.9. The molecule has 2 rings (SSSR count). The number of sulfonamides is 1. The summed E-state index contributed by atoms with van der Waals surface area (Å²) < 4.78 is 32.4. The van der Waals surface area contributed by atoms with E-state index in [2.05, 4.69) is 20.2 Å². The van der Waals surface area contributed by atoms with Gasteiger partial charge < -0.3 is 10.1 Å². The summed E-state index contributed by atoms with van der Waals surface area (Å²) in [4.78, 5) is 11.3. The second-order valence-electron chi connectivity index (χ2n) is 6.09. The van der Waals surface area contributed by atoms with E-state index in [9.17, 15) is 13.2 Å². The molecule has 1 heterocycles. The lowest BCUT2D eigenvalue weighted by molar-refractivity contribution is -0.115. The largest absolute Gasteiger partial charge is 0.491 e. The number of benzene rings is 1. The normalized spacial score (nSPS) is 11.6. The highest BCUT2D eigenvalue weighted by molar-refractivity contribution is 7.91. The van der Waals surface area contributed by atoms with Gasteiger partial charge in [0.2, 0.25) is 15.4 Å². The number of anilines is 1. The highest BCUT2D eigenvalue weighted by atomic mass is 32.2. The van der Waals surface area contributed by atoms with Crippen molar-refractivity contribution in [2.45, 2.75) is 50.5 Å². The number of nitrogens with zero attached hydrogens (tertiary/aromatic N) is 2. The van der Waals surface area contributed by atoms with Crippen molar-refractivity contribution in [1.82, 2.24) is 14.9 Å². The van der Waals surface area contributed by atoms with E-state index in [1.165, 1.54) is 0 Å². The van der Waals surface area contributed by atoms with E-state index < -0.39 is 10.0 Å². The lowest BCUT2D eigenvalue weighted by atomic mass is 10.1. The third kappa shape index (κ3) is 6.89. The van der Waals surface area contributed by atoms with Crippen LogP contribution in [0, 0.1) is 0 Å². The molecule has 0 radical (unpaired) electrons. The molecule has 0 fully saturated rings. The Hall–Kier alpha value is -2.04. The van der Waals surface area contributed by atoms with Crippen LogP contribution in [0.3, 0.4) is 0 Å². The zero-order valence-electron chi connectivity index (χ0n) is 15.6. The van der Waals surface area contributed by atoms with Gasteiger partial charge in [0.05, 0.1) is 6.10 Å². The highest BCUT2D eigenvalue weighted by Gasteiger charge is 2.20. The fourth-order valence-corrected chi connectivity index (χ4v) is 4.18. The highest BCUT2D eigenvalue weighted by Crippen LogP contribution is 2.20. The van der Waals surface area contributed by atoms with Gasteiger partial charge in [0.15, 0.2) is 0 Å². The summed E-state index contributed by atoms with van der Waals surface area (Å²) >= 11 is 0.826. The van der Waals surface area contributed by atoms with Crippen molar-refractivity contribution in [2.24, 2.45) is 0 Å². The number of carbonyl (C=O) groups is 1. The van der Waals surface area contributed by atoms with Gasteiger partial charge in [-0.05, 0) is 44.4 Å². The number of ether oxygens (including phenoxy) is 1. The molecule has 8 nitrogen and oxygen atoms in total. The molecule has 0 saturated heterocycles. The molecule has 1 amide bonds. The van der Waals surface area contributed by atoms with Gasteiger partial charge in [-0.3, -0.25) is 4.79 Å². The van der Waals surface area contributed by atoms with Crippen molar-refractivity contribution < 1.29 is 17.9 Å². The number of rotatable bonds is 10. The van der Waals surface area contributed by atoms with Crippen LogP contribution >= 0.6 is 11.3 Å². The quantitative estimate of drug-likeness (QED) is 0.458. The Morgan fingerprint density at radius 1 is 1.22 bits per heavy atom. The molecule has 0 aliphatic rings. The van der Waals surface area contributed by atoms with Gasteiger partial charge in [-0.2, -0.15) is 0 Å². The first-order chi connectivity index (χ1) is 12.8. The van der Waals surface area contributed by atoms with E-state index in [4.69, 9.17) is 4.74 Å². The topological polar surface area (TPSA) is 110 Å². The van der Waals surface area contributed by atoms with Crippen LogP contribution in [0.2, 0.25) is 0 Å². The van der Waals surface area contributed by atoms with Crippen LogP contribution in [-0.2, 0) is 21.2 Å². The molecule has 0 saturated carbocycles. The molecular formula is C17H24N4O4S2. The summed E-state index contributed by atoms with van der Waals surface area (Å²) in [6.07, 6.45) is 1.78. The smallest absolute Gasteiger partial charge is 0.269 e. The first kappa shape index (κ1) is 21.3. The van der Waals surface area contributed by atoms with E-state index in [1.807, 2.05) is 38.1 Å². The Morgan fingerprint density at radius 2 is 1.93 bits per heavy atom. The van der Waals surface area contributed by atoms with Crippen LogP contribution < -0.4 is 14.8 Å². The molecule has 1 aromatic heterocycles. The summed E-state index contributed by atoms with van der Waals surface area (Å²) in [7, 11) is -3.73. The number of hydrogen-bond acceptors (Lipinski definition) is 7. The second kappa shape index (κ2) is 9.77. The maximum Gasteiger partial charge on any atom is 0.269 e. The van der Waals surface area contributed by atoms with Crippen LogP contribution in [0.1, 0.15) is 39.2 Å². The Balaban J connectivity index is 1.81. The zero-order valence-corrected chi connectivity index (χ0v) is 17.2. The van der Waals surface area contributed by atoms with Gasteiger partial charge in [-0.15, -0.1) is 10.2 Å². The van der Waals surface area contributed by atoms with Crippen molar-refractivity contribution in [3.63, 3.8) is 0 Å². The average molecular weight is 413 g/mol. The Bertz CT molecular complexity index is 848. The van der Waals surface area contributed by atoms with Crippen molar-refractivity contribution >= 4 is 32.4 Å². The Labute approximate surface area is 163 Å². The molecule has 2 aromatic rings. The Kier molecular flexibility index (Phi) is 7.69. The molecule has 2 N–H and O–H groups in total. The minimum atomic E-state index is -3.73. The second-order valence-corrected chi connectivity index (χ2v) is 9.00. The molecule has 0 bridgehead atoms. The van der Waals surface area contributed by atoms with Crippen LogP contribution in [0.5, 0.6) is 5.75 Å². The summed E-state index contributed by atoms with van der Waals surface area (Å²) in [5, 5.41) is 9.98. The summed E-state index contributed by atoms with van der Waals surface area (Å²) in [6.45, 7) is 5.92. The van der Waals surface area contributed by atoms with Crippen LogP contribution in [0.15, 0.2) is 28.6 Å². The number of amides is 1. The van der Waals surface area contributed by atoms with Gasteiger partial charge >= 0.3 is 0 Å². The minimum Gasteiger partial charge on any atom is -0.491 e. The van der Waals surface area contributed by atoms with E-state index in [1.54, 1.807) is 6.92 Å². The third-order valence-corrected chi connectivity index (χ3v) is 6.10. The standard InChI is InChI=1S/C17H24N4O4S2/c1-4-15(22)19-16-20-21-17(26-16)27(23,24)18-11-5-6-13-7-9-14(10-8-13)25-12(2)3/h7-10,12,18H,4-6,11H2,1-3H3,(H,19,20,22). The number of hydrogen-bond donors (Lipinski definition) is 2. The number of carbonyl (C=O) groups excluding carboxylic acids is 1. The van der Waals surface area contributed by atoms with Gasteiger partial charge in [0.25, 0.3) is 10.0 Å². The number of aryl methyl sites for hydroxylation is 1. The van der Waals surface area contributed by atoms with Crippen molar-refractivity contribution in [3.05, 3.63) is 29.8 Å². The molecule has 0 aliphatic heterocycles. The molecule has 27 heavy (non-hydrogen) atoms. The van der Waals surface area contributed by atoms with Gasteiger partial charge in [0.1, 0.15) is 5.75 Å². The van der Waals surface area contributed by atoms with Gasteiger partial charge in [-0.25, -0.2) is 13.1 Å².